The summed E-state index contributed by atoms with van der Waals surface area (Å²) >= 11 is 0. The third-order valence-electron chi connectivity index (χ3n) is 2.91. The van der Waals surface area contributed by atoms with Gasteiger partial charge >= 0.3 is 6.09 Å². The highest BCUT2D eigenvalue weighted by molar-refractivity contribution is 5.82. The van der Waals surface area contributed by atoms with Crippen molar-refractivity contribution >= 4 is 11.9 Å². The van der Waals surface area contributed by atoms with Gasteiger partial charge in [0.05, 0.1) is 0 Å². The average molecular weight is 256 g/mol. The Morgan fingerprint density at radius 2 is 2.17 bits per heavy atom. The van der Waals surface area contributed by atoms with E-state index in [0.717, 1.165) is 12.8 Å². The Kier molecular flexibility index (Phi) is 5.14. The maximum Gasteiger partial charge on any atom is 0.410 e. The second kappa shape index (κ2) is 6.18. The Morgan fingerprint density at radius 1 is 1.50 bits per heavy atom. The lowest BCUT2D eigenvalue weighted by Crippen LogP contribution is -2.48. The van der Waals surface area contributed by atoms with Crippen LogP contribution < -0.4 is 5.73 Å². The average Bonchev–Trinajstić information content (AvgIpc) is 2.23. The topological polar surface area (TPSA) is 72.6 Å². The molecule has 1 unspecified atom stereocenters. The standard InChI is InChI=1S/C13H24N2O3/c1-13(2,3)18-12(17)15-8-6-11(16)9-10(15)5-4-7-14/h10H,4-9,14H2,1-3H3. The molecule has 5 nitrogen and oxygen atoms in total. The molecule has 18 heavy (non-hydrogen) atoms. The summed E-state index contributed by atoms with van der Waals surface area (Å²) in [7, 11) is 0. The lowest BCUT2D eigenvalue weighted by atomic mass is 9.97. The summed E-state index contributed by atoms with van der Waals surface area (Å²) in [6.07, 6.45) is 2.12. The summed E-state index contributed by atoms with van der Waals surface area (Å²) in [5, 5.41) is 0. The molecule has 1 fully saturated rings. The van der Waals surface area contributed by atoms with Crippen molar-refractivity contribution in [2.24, 2.45) is 5.73 Å². The molecule has 1 saturated heterocycles. The fourth-order valence-electron chi connectivity index (χ4n) is 2.08. The molecule has 0 bridgehead atoms. The highest BCUT2D eigenvalue weighted by atomic mass is 16.6. The molecule has 0 radical (unpaired) electrons. The van der Waals surface area contributed by atoms with Crippen LogP contribution >= 0.6 is 0 Å². The number of amides is 1. The maximum absolute atomic E-state index is 12.1. The minimum atomic E-state index is -0.503. The molecule has 0 aromatic carbocycles. The Labute approximate surface area is 109 Å². The van der Waals surface area contributed by atoms with Gasteiger partial charge in [0.1, 0.15) is 11.4 Å². The number of carbonyl (C=O) groups is 2. The molecule has 1 amide bonds. The number of hydrogen-bond acceptors (Lipinski definition) is 4. The van der Waals surface area contributed by atoms with Crippen molar-refractivity contribution in [3.63, 3.8) is 0 Å². The van der Waals surface area contributed by atoms with Gasteiger partial charge in [-0.2, -0.15) is 0 Å². The van der Waals surface area contributed by atoms with Gasteiger partial charge in [-0.25, -0.2) is 4.79 Å². The van der Waals surface area contributed by atoms with Crippen molar-refractivity contribution in [1.29, 1.82) is 0 Å². The second-order valence-corrected chi connectivity index (χ2v) is 5.75. The fourth-order valence-corrected chi connectivity index (χ4v) is 2.08. The third-order valence-corrected chi connectivity index (χ3v) is 2.91. The Bertz CT molecular complexity index is 310. The van der Waals surface area contributed by atoms with Crippen molar-refractivity contribution in [2.75, 3.05) is 13.1 Å². The summed E-state index contributed by atoms with van der Waals surface area (Å²) in [6.45, 7) is 6.56. The minimum absolute atomic E-state index is 0.0513. The molecule has 0 aliphatic carbocycles. The quantitative estimate of drug-likeness (QED) is 0.834. The molecule has 1 aliphatic rings. The molecule has 104 valence electrons. The Balaban J connectivity index is 2.64. The number of nitrogens with two attached hydrogens (primary N) is 1. The van der Waals surface area contributed by atoms with Crippen LogP contribution in [-0.2, 0) is 9.53 Å². The molecule has 2 N–H and O–H groups in total. The van der Waals surface area contributed by atoms with Gasteiger partial charge in [0.2, 0.25) is 0 Å². The van der Waals surface area contributed by atoms with Crippen LogP contribution in [0.5, 0.6) is 0 Å². The maximum atomic E-state index is 12.1. The molecule has 0 aromatic heterocycles. The van der Waals surface area contributed by atoms with E-state index < -0.39 is 5.60 Å². The van der Waals surface area contributed by atoms with Crippen LogP contribution in [-0.4, -0.2) is 41.5 Å². The van der Waals surface area contributed by atoms with Gasteiger partial charge in [-0.05, 0) is 40.2 Å². The minimum Gasteiger partial charge on any atom is -0.444 e. The third kappa shape index (κ3) is 4.64. The van der Waals surface area contributed by atoms with E-state index in [1.165, 1.54) is 0 Å². The van der Waals surface area contributed by atoms with Gasteiger partial charge in [-0.1, -0.05) is 0 Å². The summed E-state index contributed by atoms with van der Waals surface area (Å²) < 4.78 is 5.37. The van der Waals surface area contributed by atoms with Crippen LogP contribution in [0.2, 0.25) is 0 Å². The second-order valence-electron chi connectivity index (χ2n) is 5.75. The number of hydrogen-bond donors (Lipinski definition) is 1. The molecular formula is C13H24N2O3. The Morgan fingerprint density at radius 3 is 2.72 bits per heavy atom. The van der Waals surface area contributed by atoms with Gasteiger partial charge in [0, 0.05) is 25.4 Å². The first-order valence-electron chi connectivity index (χ1n) is 6.55. The van der Waals surface area contributed by atoms with Crippen LogP contribution in [0.15, 0.2) is 0 Å². The molecule has 1 aliphatic heterocycles. The van der Waals surface area contributed by atoms with E-state index >= 15 is 0 Å². The van der Waals surface area contributed by atoms with Crippen LogP contribution in [0, 0.1) is 0 Å². The highest BCUT2D eigenvalue weighted by Crippen LogP contribution is 2.21. The van der Waals surface area contributed by atoms with Gasteiger partial charge in [0.25, 0.3) is 0 Å². The first kappa shape index (κ1) is 15.0. The summed E-state index contributed by atoms with van der Waals surface area (Å²) in [5.74, 6) is 0.219. The summed E-state index contributed by atoms with van der Waals surface area (Å²) in [4.78, 5) is 25.2. The highest BCUT2D eigenvalue weighted by Gasteiger charge is 2.32. The lowest BCUT2D eigenvalue weighted by Gasteiger charge is -2.36. The van der Waals surface area contributed by atoms with Crippen LogP contribution in [0.1, 0.15) is 46.5 Å². The first-order valence-corrected chi connectivity index (χ1v) is 6.55. The zero-order chi connectivity index (χ0) is 13.8. The number of ketones is 1. The van der Waals surface area contributed by atoms with Crippen molar-refractivity contribution in [3.8, 4) is 0 Å². The number of nitrogens with zero attached hydrogens (tertiary/aromatic N) is 1. The van der Waals surface area contributed by atoms with E-state index in [1.807, 2.05) is 20.8 Å². The number of rotatable bonds is 3. The molecule has 1 rings (SSSR count). The van der Waals surface area contributed by atoms with Gasteiger partial charge in [-0.3, -0.25) is 4.79 Å². The molecule has 1 atom stereocenters. The van der Waals surface area contributed by atoms with Crippen LogP contribution in [0.3, 0.4) is 0 Å². The first-order chi connectivity index (χ1) is 8.33. The van der Waals surface area contributed by atoms with E-state index in [4.69, 9.17) is 10.5 Å². The smallest absolute Gasteiger partial charge is 0.410 e. The largest absolute Gasteiger partial charge is 0.444 e. The molecule has 0 spiro atoms. The SMILES string of the molecule is CC(C)(C)OC(=O)N1CCC(=O)CC1CCCN. The number of carbonyl (C=O) groups excluding carboxylic acids is 2. The van der Waals surface area contributed by atoms with Crippen molar-refractivity contribution in [3.05, 3.63) is 0 Å². The Hall–Kier alpha value is -1.10. The molecule has 1 heterocycles. The predicted molar refractivity (Wildman–Crippen MR) is 69.3 cm³/mol. The monoisotopic (exact) mass is 256 g/mol. The van der Waals surface area contributed by atoms with Crippen molar-refractivity contribution < 1.29 is 14.3 Å². The van der Waals surface area contributed by atoms with Gasteiger partial charge < -0.3 is 15.4 Å². The van der Waals surface area contributed by atoms with Crippen molar-refractivity contribution in [2.45, 2.75) is 58.1 Å². The number of Topliss-reactive ketones (excluding diaryl/α,β-unsaturated/α-hetero) is 1. The fraction of sp³-hybridized carbons (Fsp3) is 0.846. The van der Waals surface area contributed by atoms with Gasteiger partial charge in [0.15, 0.2) is 0 Å². The molecule has 5 heteroatoms. The van der Waals surface area contributed by atoms with E-state index in [1.54, 1.807) is 4.90 Å². The molecule has 0 saturated carbocycles. The lowest BCUT2D eigenvalue weighted by molar-refractivity contribution is -0.123. The molecular weight excluding hydrogens is 232 g/mol. The van der Waals surface area contributed by atoms with E-state index in [9.17, 15) is 9.59 Å². The van der Waals surface area contributed by atoms with E-state index in [-0.39, 0.29) is 17.9 Å². The summed E-state index contributed by atoms with van der Waals surface area (Å²) in [5.41, 5.74) is 4.98. The van der Waals surface area contributed by atoms with Crippen molar-refractivity contribution in [1.82, 2.24) is 4.90 Å². The normalized spacial score (nSPS) is 21.0. The van der Waals surface area contributed by atoms with Gasteiger partial charge in [-0.15, -0.1) is 0 Å². The number of ether oxygens (including phenoxy) is 1. The van der Waals surface area contributed by atoms with Crippen LogP contribution in [0.25, 0.3) is 0 Å². The zero-order valence-corrected chi connectivity index (χ0v) is 11.6. The predicted octanol–water partition coefficient (Wildman–Crippen LogP) is 1.69. The van der Waals surface area contributed by atoms with E-state index in [0.29, 0.717) is 25.9 Å². The number of likely N-dealkylation sites (tertiary alicyclic amines) is 1. The molecule has 0 aromatic rings. The van der Waals surface area contributed by atoms with E-state index in [2.05, 4.69) is 0 Å². The summed E-state index contributed by atoms with van der Waals surface area (Å²) in [6, 6.07) is -0.0513. The van der Waals surface area contributed by atoms with Crippen LogP contribution in [0.4, 0.5) is 4.79 Å². The zero-order valence-electron chi connectivity index (χ0n) is 11.6. The number of piperidine rings is 1.